The molecule has 0 aliphatic rings. The summed E-state index contributed by atoms with van der Waals surface area (Å²) in [5.74, 6) is -0.461. The van der Waals surface area contributed by atoms with Crippen LogP contribution in [0.4, 0.5) is 11.4 Å². The average Bonchev–Trinajstić information content (AvgIpc) is 2.47. The quantitative estimate of drug-likeness (QED) is 0.647. The maximum atomic E-state index is 12.3. The third-order valence-electron chi connectivity index (χ3n) is 3.11. The van der Waals surface area contributed by atoms with Crippen molar-refractivity contribution >= 4 is 40.5 Å². The van der Waals surface area contributed by atoms with Crippen LogP contribution in [0, 0.1) is 10.1 Å². The van der Waals surface area contributed by atoms with Gasteiger partial charge < -0.3 is 5.32 Å². The van der Waals surface area contributed by atoms with E-state index in [-0.39, 0.29) is 16.3 Å². The molecule has 0 aliphatic carbocycles. The van der Waals surface area contributed by atoms with Crippen LogP contribution in [0.3, 0.4) is 0 Å². The van der Waals surface area contributed by atoms with E-state index in [1.165, 1.54) is 12.1 Å². The van der Waals surface area contributed by atoms with Crippen molar-refractivity contribution in [3.05, 3.63) is 67.7 Å². The Kier molecular flexibility index (Phi) is 5.00. The van der Waals surface area contributed by atoms with Gasteiger partial charge in [0.1, 0.15) is 5.02 Å². The van der Waals surface area contributed by atoms with Crippen molar-refractivity contribution in [3.63, 3.8) is 0 Å². The van der Waals surface area contributed by atoms with Crippen LogP contribution >= 0.6 is 23.2 Å². The number of hydrogen-bond donors (Lipinski definition) is 1. The Morgan fingerprint density at radius 1 is 1.23 bits per heavy atom. The lowest BCUT2D eigenvalue weighted by Crippen LogP contribution is -2.13. The van der Waals surface area contributed by atoms with Crippen LogP contribution in [0.15, 0.2) is 36.4 Å². The highest BCUT2D eigenvalue weighted by Gasteiger charge is 2.17. The van der Waals surface area contributed by atoms with Crippen LogP contribution in [-0.2, 0) is 6.42 Å². The number of aryl methyl sites for hydroxylation is 1. The number of halogens is 2. The molecule has 2 aromatic carbocycles. The summed E-state index contributed by atoms with van der Waals surface area (Å²) in [6.07, 6.45) is 0.716. The number of amides is 1. The molecule has 0 atom stereocenters. The van der Waals surface area contributed by atoms with E-state index in [2.05, 4.69) is 5.32 Å². The largest absolute Gasteiger partial charge is 0.322 e. The monoisotopic (exact) mass is 338 g/mol. The van der Waals surface area contributed by atoms with Gasteiger partial charge in [0.25, 0.3) is 11.6 Å². The van der Waals surface area contributed by atoms with E-state index in [4.69, 9.17) is 23.2 Å². The van der Waals surface area contributed by atoms with Gasteiger partial charge in [0.15, 0.2) is 0 Å². The smallest absolute Gasteiger partial charge is 0.288 e. The van der Waals surface area contributed by atoms with Crippen molar-refractivity contribution < 1.29 is 9.72 Å². The van der Waals surface area contributed by atoms with E-state index < -0.39 is 10.8 Å². The van der Waals surface area contributed by atoms with Gasteiger partial charge in [-0.3, -0.25) is 14.9 Å². The Balaban J connectivity index is 2.32. The number of rotatable bonds is 4. The molecule has 0 unspecified atom stereocenters. The Morgan fingerprint density at radius 3 is 2.59 bits per heavy atom. The van der Waals surface area contributed by atoms with Gasteiger partial charge in [-0.2, -0.15) is 0 Å². The van der Waals surface area contributed by atoms with Crippen molar-refractivity contribution in [2.75, 3.05) is 5.32 Å². The minimum Gasteiger partial charge on any atom is -0.322 e. The number of benzene rings is 2. The van der Waals surface area contributed by atoms with E-state index in [1.54, 1.807) is 12.1 Å². The summed E-state index contributed by atoms with van der Waals surface area (Å²) < 4.78 is 0. The molecule has 5 nitrogen and oxygen atoms in total. The molecule has 0 heterocycles. The third-order valence-corrected chi connectivity index (χ3v) is 3.66. The molecule has 0 saturated carbocycles. The molecule has 0 fully saturated rings. The molecule has 1 amide bonds. The fourth-order valence-corrected chi connectivity index (χ4v) is 2.32. The molecule has 2 aromatic rings. The van der Waals surface area contributed by atoms with Gasteiger partial charge in [0.2, 0.25) is 0 Å². The second-order valence-corrected chi connectivity index (χ2v) is 5.38. The maximum absolute atomic E-state index is 12.3. The summed E-state index contributed by atoms with van der Waals surface area (Å²) in [6.45, 7) is 1.95. The van der Waals surface area contributed by atoms with Gasteiger partial charge >= 0.3 is 0 Å². The van der Waals surface area contributed by atoms with Gasteiger partial charge in [0, 0.05) is 22.3 Å². The van der Waals surface area contributed by atoms with E-state index in [0.717, 1.165) is 11.6 Å². The molecular formula is C15H12Cl2N2O3. The number of carbonyl (C=O) groups is 1. The van der Waals surface area contributed by atoms with E-state index in [9.17, 15) is 14.9 Å². The lowest BCUT2D eigenvalue weighted by molar-refractivity contribution is -0.384. The summed E-state index contributed by atoms with van der Waals surface area (Å²) in [4.78, 5) is 22.5. The summed E-state index contributed by atoms with van der Waals surface area (Å²) in [7, 11) is 0. The Labute approximate surface area is 137 Å². The normalized spacial score (nSPS) is 10.3. The van der Waals surface area contributed by atoms with E-state index >= 15 is 0 Å². The minimum absolute atomic E-state index is 0.0152. The van der Waals surface area contributed by atoms with Gasteiger partial charge in [-0.05, 0) is 36.2 Å². The van der Waals surface area contributed by atoms with Gasteiger partial charge in [-0.1, -0.05) is 36.2 Å². The Hall–Kier alpha value is -2.11. The second-order valence-electron chi connectivity index (χ2n) is 4.53. The highest BCUT2D eigenvalue weighted by molar-refractivity contribution is 6.33. The van der Waals surface area contributed by atoms with Gasteiger partial charge in [0.05, 0.1) is 4.92 Å². The summed E-state index contributed by atoms with van der Waals surface area (Å²) in [5.41, 5.74) is 1.34. The lowest BCUT2D eigenvalue weighted by atomic mass is 10.1. The van der Waals surface area contributed by atoms with Crippen molar-refractivity contribution in [1.82, 2.24) is 0 Å². The second kappa shape index (κ2) is 6.77. The molecule has 0 spiro atoms. The molecule has 0 bridgehead atoms. The lowest BCUT2D eigenvalue weighted by Gasteiger charge is -2.10. The van der Waals surface area contributed by atoms with Gasteiger partial charge in [-0.15, -0.1) is 0 Å². The molecule has 2 rings (SSSR count). The number of carbonyl (C=O) groups excluding carboxylic acids is 1. The van der Waals surface area contributed by atoms with Crippen LogP contribution in [-0.4, -0.2) is 10.8 Å². The van der Waals surface area contributed by atoms with Crippen LogP contribution in [0.2, 0.25) is 10.0 Å². The highest BCUT2D eigenvalue weighted by Crippen LogP contribution is 2.26. The average molecular weight is 339 g/mol. The molecular weight excluding hydrogens is 327 g/mol. The summed E-state index contributed by atoms with van der Waals surface area (Å²) in [5, 5.41) is 14.1. The van der Waals surface area contributed by atoms with Crippen LogP contribution in [0.25, 0.3) is 0 Å². The Morgan fingerprint density at radius 2 is 1.95 bits per heavy atom. The summed E-state index contributed by atoms with van der Waals surface area (Å²) in [6, 6.07) is 9.11. The molecule has 1 N–H and O–H groups in total. The van der Waals surface area contributed by atoms with E-state index in [0.29, 0.717) is 17.1 Å². The van der Waals surface area contributed by atoms with Crippen molar-refractivity contribution in [2.45, 2.75) is 13.3 Å². The zero-order chi connectivity index (χ0) is 16.3. The molecule has 7 heteroatoms. The third kappa shape index (κ3) is 3.55. The topological polar surface area (TPSA) is 72.2 Å². The molecule has 114 valence electrons. The molecule has 22 heavy (non-hydrogen) atoms. The first-order valence-electron chi connectivity index (χ1n) is 6.46. The number of nitro benzene ring substituents is 1. The highest BCUT2D eigenvalue weighted by atomic mass is 35.5. The number of nitrogens with zero attached hydrogens (tertiary/aromatic N) is 1. The minimum atomic E-state index is -0.629. The number of hydrogen-bond acceptors (Lipinski definition) is 3. The van der Waals surface area contributed by atoms with E-state index in [1.807, 2.05) is 13.0 Å². The first-order chi connectivity index (χ1) is 10.4. The molecule has 0 aromatic heterocycles. The zero-order valence-electron chi connectivity index (χ0n) is 11.6. The van der Waals surface area contributed by atoms with Crippen molar-refractivity contribution in [2.24, 2.45) is 0 Å². The van der Waals surface area contributed by atoms with Crippen LogP contribution < -0.4 is 5.32 Å². The molecule has 0 radical (unpaired) electrons. The number of nitrogens with one attached hydrogen (secondary N) is 1. The first-order valence-corrected chi connectivity index (χ1v) is 7.21. The van der Waals surface area contributed by atoms with Crippen LogP contribution in [0.5, 0.6) is 0 Å². The predicted molar refractivity (Wildman–Crippen MR) is 86.9 cm³/mol. The number of anilines is 1. The fraction of sp³-hybridized carbons (Fsp3) is 0.133. The van der Waals surface area contributed by atoms with Crippen LogP contribution in [0.1, 0.15) is 22.8 Å². The number of nitro groups is 1. The first kappa shape index (κ1) is 16.3. The zero-order valence-corrected chi connectivity index (χ0v) is 13.1. The Bertz CT molecular complexity index is 748. The molecule has 0 saturated heterocycles. The SMILES string of the molecule is CCc1ccc(Cl)cc1NC(=O)c1ccc(Cl)c([N+](=O)[O-])c1. The standard InChI is InChI=1S/C15H12Cl2N2O3/c1-2-9-3-5-11(16)8-13(9)18-15(20)10-4-6-12(17)14(7-10)19(21)22/h3-8H,2H2,1H3,(H,18,20). The fourth-order valence-electron chi connectivity index (χ4n) is 1.96. The maximum Gasteiger partial charge on any atom is 0.288 e. The van der Waals surface area contributed by atoms with Gasteiger partial charge in [-0.25, -0.2) is 0 Å². The van der Waals surface area contributed by atoms with Crippen molar-refractivity contribution in [3.8, 4) is 0 Å². The molecule has 0 aliphatic heterocycles. The van der Waals surface area contributed by atoms with Crippen molar-refractivity contribution in [1.29, 1.82) is 0 Å². The predicted octanol–water partition coefficient (Wildman–Crippen LogP) is 4.72. The summed E-state index contributed by atoms with van der Waals surface area (Å²) >= 11 is 11.7.